The number of fused-ring (bicyclic) bond motifs is 1. The van der Waals surface area contributed by atoms with Crippen molar-refractivity contribution in [1.29, 1.82) is 0 Å². The quantitative estimate of drug-likeness (QED) is 0.485. The number of rotatable bonds is 6. The van der Waals surface area contributed by atoms with Gasteiger partial charge in [0.05, 0.1) is 26.9 Å². The number of para-hydroxylation sites is 2. The van der Waals surface area contributed by atoms with Crippen molar-refractivity contribution in [1.82, 2.24) is 9.97 Å². The van der Waals surface area contributed by atoms with E-state index in [-0.39, 0.29) is 5.69 Å². The number of H-pyrrole nitrogens is 1. The average Bonchev–Trinajstić information content (AvgIpc) is 3.05. The van der Waals surface area contributed by atoms with Crippen LogP contribution in [0.3, 0.4) is 0 Å². The molecule has 2 N–H and O–H groups in total. The maximum Gasteiger partial charge on any atom is 0.341 e. The van der Waals surface area contributed by atoms with Crippen molar-refractivity contribution in [3.63, 3.8) is 0 Å². The maximum absolute atomic E-state index is 12.7. The predicted octanol–water partition coefficient (Wildman–Crippen LogP) is 3.64. The molecule has 0 aliphatic rings. The third kappa shape index (κ3) is 3.58. The van der Waals surface area contributed by atoms with E-state index in [1.165, 1.54) is 0 Å². The Morgan fingerprint density at radius 1 is 1.22 bits per heavy atom. The molecule has 11 heteroatoms. The van der Waals surface area contributed by atoms with Crippen LogP contribution in [-0.2, 0) is 9.84 Å². The molecule has 0 fully saturated rings. The summed E-state index contributed by atoms with van der Waals surface area (Å²) in [7, 11) is -4.93. The normalized spacial score (nSPS) is 13.0. The standard InChI is InChI=1S/C16H14F2N4O4S/c1-9(15-20-11-4-2-3-5-12(11)21-15)19-13-7-6-10(8-14(13)22(23)24)27(25,26)16(17)18/h2-9,16,19H,1H3,(H,20,21). The molecule has 1 unspecified atom stereocenters. The monoisotopic (exact) mass is 396 g/mol. The summed E-state index contributed by atoms with van der Waals surface area (Å²) < 4.78 is 48.5. The third-order valence-corrected chi connectivity index (χ3v) is 5.30. The van der Waals surface area contributed by atoms with Gasteiger partial charge in [0, 0.05) is 6.07 Å². The van der Waals surface area contributed by atoms with Gasteiger partial charge in [0.25, 0.3) is 5.69 Å². The minimum Gasteiger partial charge on any atom is -0.370 e. The summed E-state index contributed by atoms with van der Waals surface area (Å²) in [6, 6.07) is 9.39. The van der Waals surface area contributed by atoms with E-state index in [4.69, 9.17) is 0 Å². The van der Waals surface area contributed by atoms with Crippen LogP contribution in [0.5, 0.6) is 0 Å². The van der Waals surface area contributed by atoms with E-state index in [0.717, 1.165) is 17.6 Å². The second-order valence-corrected chi connectivity index (χ2v) is 7.66. The summed E-state index contributed by atoms with van der Waals surface area (Å²) >= 11 is 0. The van der Waals surface area contributed by atoms with Crippen LogP contribution in [0.25, 0.3) is 11.0 Å². The molecule has 0 aliphatic carbocycles. The Morgan fingerprint density at radius 2 is 1.93 bits per heavy atom. The number of sulfone groups is 1. The molecule has 0 saturated heterocycles. The van der Waals surface area contributed by atoms with Gasteiger partial charge in [-0.3, -0.25) is 10.1 Å². The topological polar surface area (TPSA) is 118 Å². The van der Waals surface area contributed by atoms with Crippen LogP contribution in [0.4, 0.5) is 20.2 Å². The molecule has 0 bridgehead atoms. The molecular weight excluding hydrogens is 382 g/mol. The number of imidazole rings is 1. The second kappa shape index (κ2) is 6.91. The number of aromatic nitrogens is 2. The molecule has 1 heterocycles. The first-order chi connectivity index (χ1) is 12.7. The van der Waals surface area contributed by atoms with Crippen molar-refractivity contribution in [2.24, 2.45) is 0 Å². The summed E-state index contributed by atoms with van der Waals surface area (Å²) in [5, 5.41) is 14.1. The van der Waals surface area contributed by atoms with E-state index in [1.54, 1.807) is 13.0 Å². The Morgan fingerprint density at radius 3 is 2.56 bits per heavy atom. The number of aromatic amines is 1. The highest BCUT2D eigenvalue weighted by Gasteiger charge is 2.29. The number of benzene rings is 2. The summed E-state index contributed by atoms with van der Waals surface area (Å²) in [4.78, 5) is 17.1. The minimum atomic E-state index is -4.93. The van der Waals surface area contributed by atoms with Crippen LogP contribution < -0.4 is 5.32 Å². The second-order valence-electron chi connectivity index (χ2n) is 5.75. The van der Waals surface area contributed by atoms with Crippen molar-refractivity contribution in [2.75, 3.05) is 5.32 Å². The highest BCUT2D eigenvalue weighted by atomic mass is 32.2. The highest BCUT2D eigenvalue weighted by molar-refractivity contribution is 7.91. The van der Waals surface area contributed by atoms with Gasteiger partial charge in [0.15, 0.2) is 0 Å². The third-order valence-electron chi connectivity index (χ3n) is 3.92. The molecular formula is C16H14F2N4O4S. The number of nitro benzene ring substituents is 1. The van der Waals surface area contributed by atoms with E-state index in [0.29, 0.717) is 17.4 Å². The first-order valence-electron chi connectivity index (χ1n) is 7.72. The number of halogens is 2. The average molecular weight is 396 g/mol. The van der Waals surface area contributed by atoms with Gasteiger partial charge in [-0.25, -0.2) is 13.4 Å². The van der Waals surface area contributed by atoms with Crippen molar-refractivity contribution in [3.8, 4) is 0 Å². The highest BCUT2D eigenvalue weighted by Crippen LogP contribution is 2.32. The number of nitrogens with one attached hydrogen (secondary N) is 2. The molecule has 0 amide bonds. The van der Waals surface area contributed by atoms with Gasteiger partial charge >= 0.3 is 5.76 Å². The lowest BCUT2D eigenvalue weighted by atomic mass is 10.2. The zero-order valence-corrected chi connectivity index (χ0v) is 14.7. The fourth-order valence-corrected chi connectivity index (χ4v) is 3.28. The van der Waals surface area contributed by atoms with Crippen LogP contribution in [0, 0.1) is 10.1 Å². The Bertz CT molecular complexity index is 1080. The van der Waals surface area contributed by atoms with E-state index >= 15 is 0 Å². The first-order valence-corrected chi connectivity index (χ1v) is 9.26. The largest absolute Gasteiger partial charge is 0.370 e. The number of hydrogen-bond donors (Lipinski definition) is 2. The summed E-state index contributed by atoms with van der Waals surface area (Å²) in [6.07, 6.45) is 0. The smallest absolute Gasteiger partial charge is 0.341 e. The predicted molar refractivity (Wildman–Crippen MR) is 94.4 cm³/mol. The van der Waals surface area contributed by atoms with Gasteiger partial charge in [-0.2, -0.15) is 8.78 Å². The number of anilines is 1. The fourth-order valence-electron chi connectivity index (χ4n) is 2.54. The first kappa shape index (κ1) is 18.7. The van der Waals surface area contributed by atoms with E-state index in [1.807, 2.05) is 18.2 Å². The van der Waals surface area contributed by atoms with Crippen molar-refractivity contribution in [3.05, 3.63) is 58.4 Å². The van der Waals surface area contributed by atoms with Gasteiger partial charge in [-0.15, -0.1) is 0 Å². The summed E-state index contributed by atoms with van der Waals surface area (Å²) in [5.74, 6) is -3.15. The molecule has 142 valence electrons. The Kier molecular flexibility index (Phi) is 4.79. The lowest BCUT2D eigenvalue weighted by Crippen LogP contribution is -2.13. The molecule has 0 radical (unpaired) electrons. The Labute approximate surface area is 152 Å². The van der Waals surface area contributed by atoms with Crippen LogP contribution in [-0.4, -0.2) is 29.1 Å². The van der Waals surface area contributed by atoms with Crippen LogP contribution in [0.2, 0.25) is 0 Å². The molecule has 0 spiro atoms. The SMILES string of the molecule is CC(Nc1ccc(S(=O)(=O)C(F)F)cc1[N+](=O)[O-])c1nc2ccccc2[nH]1. The number of nitrogens with zero attached hydrogens (tertiary/aromatic N) is 2. The van der Waals surface area contributed by atoms with E-state index in [2.05, 4.69) is 15.3 Å². The summed E-state index contributed by atoms with van der Waals surface area (Å²) in [6.45, 7) is 1.70. The van der Waals surface area contributed by atoms with E-state index in [9.17, 15) is 27.3 Å². The fraction of sp³-hybridized carbons (Fsp3) is 0.188. The molecule has 2 aromatic carbocycles. The molecule has 0 aliphatic heterocycles. The van der Waals surface area contributed by atoms with Crippen LogP contribution in [0.1, 0.15) is 18.8 Å². The van der Waals surface area contributed by atoms with E-state index < -0.39 is 37.1 Å². The van der Waals surface area contributed by atoms with Crippen molar-refractivity contribution in [2.45, 2.75) is 23.6 Å². The zero-order valence-electron chi connectivity index (χ0n) is 13.9. The zero-order chi connectivity index (χ0) is 19.8. The molecule has 0 saturated carbocycles. The minimum absolute atomic E-state index is 0.0128. The van der Waals surface area contributed by atoms with Gasteiger partial charge in [-0.1, -0.05) is 12.1 Å². The van der Waals surface area contributed by atoms with Gasteiger partial charge < -0.3 is 10.3 Å². The molecule has 1 aromatic heterocycles. The molecule has 3 rings (SSSR count). The summed E-state index contributed by atoms with van der Waals surface area (Å²) in [5.41, 5.74) is 0.865. The van der Waals surface area contributed by atoms with Gasteiger partial charge in [-0.05, 0) is 31.2 Å². The number of hydrogen-bond acceptors (Lipinski definition) is 6. The van der Waals surface area contributed by atoms with Crippen molar-refractivity contribution >= 4 is 32.2 Å². The number of alkyl halides is 2. The maximum atomic E-state index is 12.7. The molecule has 27 heavy (non-hydrogen) atoms. The van der Waals surface area contributed by atoms with Crippen molar-refractivity contribution < 1.29 is 22.1 Å². The molecule has 8 nitrogen and oxygen atoms in total. The molecule has 3 aromatic rings. The van der Waals surface area contributed by atoms with Crippen LogP contribution in [0.15, 0.2) is 47.4 Å². The Hall–Kier alpha value is -3.08. The number of nitro groups is 1. The van der Waals surface area contributed by atoms with Gasteiger partial charge in [0.1, 0.15) is 11.5 Å². The van der Waals surface area contributed by atoms with Gasteiger partial charge in [0.2, 0.25) is 9.84 Å². The Balaban J connectivity index is 1.95. The van der Waals surface area contributed by atoms with Crippen LogP contribution >= 0.6 is 0 Å². The molecule has 1 atom stereocenters. The lowest BCUT2D eigenvalue weighted by molar-refractivity contribution is -0.384. The lowest BCUT2D eigenvalue weighted by Gasteiger charge is -2.14.